The fourth-order valence-electron chi connectivity index (χ4n) is 3.58. The van der Waals surface area contributed by atoms with Gasteiger partial charge in [0.1, 0.15) is 5.75 Å². The molecule has 1 N–H and O–H groups in total. The predicted octanol–water partition coefficient (Wildman–Crippen LogP) is 5.69. The van der Waals surface area contributed by atoms with Crippen LogP contribution in [0.1, 0.15) is 30.5 Å². The van der Waals surface area contributed by atoms with Gasteiger partial charge in [-0.2, -0.15) is 0 Å². The Balaban J connectivity index is 1.52. The summed E-state index contributed by atoms with van der Waals surface area (Å²) in [6, 6.07) is 26.0. The van der Waals surface area contributed by atoms with E-state index < -0.39 is 0 Å². The number of anilines is 2. The maximum Gasteiger partial charge on any atom is 0.251 e. The quantitative estimate of drug-likeness (QED) is 0.543. The zero-order valence-electron chi connectivity index (χ0n) is 17.1. The molecule has 0 saturated heterocycles. The van der Waals surface area contributed by atoms with E-state index in [0.717, 1.165) is 34.7 Å². The molecule has 3 aromatic rings. The van der Waals surface area contributed by atoms with Gasteiger partial charge < -0.3 is 15.0 Å². The van der Waals surface area contributed by atoms with Crippen LogP contribution in [0, 0.1) is 0 Å². The highest BCUT2D eigenvalue weighted by molar-refractivity contribution is 6.06. The lowest BCUT2D eigenvalue weighted by molar-refractivity contribution is -0.114. The summed E-state index contributed by atoms with van der Waals surface area (Å²) in [7, 11) is 0. The lowest BCUT2D eigenvalue weighted by Crippen LogP contribution is -2.39. The number of benzene rings is 3. The number of rotatable bonds is 6. The van der Waals surface area contributed by atoms with Gasteiger partial charge in [0, 0.05) is 6.08 Å². The Bertz CT molecular complexity index is 1010. The van der Waals surface area contributed by atoms with Crippen LogP contribution in [-0.2, 0) is 4.79 Å². The summed E-state index contributed by atoms with van der Waals surface area (Å²) in [5.41, 5.74) is 4.01. The molecule has 0 spiro atoms. The van der Waals surface area contributed by atoms with Crippen LogP contribution in [0.15, 0.2) is 84.9 Å². The van der Waals surface area contributed by atoms with E-state index in [-0.39, 0.29) is 11.9 Å². The number of hydrogen-bond donors (Lipinski definition) is 1. The monoisotopic (exact) mass is 398 g/mol. The molecule has 3 aromatic carbocycles. The lowest BCUT2D eigenvalue weighted by Gasteiger charge is -2.35. The van der Waals surface area contributed by atoms with Crippen molar-refractivity contribution in [3.63, 3.8) is 0 Å². The molecule has 1 aliphatic rings. The van der Waals surface area contributed by atoms with E-state index in [1.165, 1.54) is 0 Å². The third-order valence-electron chi connectivity index (χ3n) is 5.13. The minimum absolute atomic E-state index is 0.0313. The highest BCUT2D eigenvalue weighted by Crippen LogP contribution is 2.35. The zero-order chi connectivity index (χ0) is 20.8. The van der Waals surface area contributed by atoms with Crippen LogP contribution >= 0.6 is 0 Å². The Hall–Kier alpha value is -3.53. The Morgan fingerprint density at radius 2 is 1.77 bits per heavy atom. The fraction of sp³-hybridized carbons (Fsp3) is 0.192. The second-order valence-electron chi connectivity index (χ2n) is 7.32. The van der Waals surface area contributed by atoms with Crippen molar-refractivity contribution in [1.29, 1.82) is 0 Å². The van der Waals surface area contributed by atoms with Crippen LogP contribution in [0.2, 0.25) is 0 Å². The van der Waals surface area contributed by atoms with Gasteiger partial charge in [-0.1, -0.05) is 61.5 Å². The highest BCUT2D eigenvalue weighted by atomic mass is 16.5. The van der Waals surface area contributed by atoms with Gasteiger partial charge in [-0.15, -0.1) is 0 Å². The van der Waals surface area contributed by atoms with E-state index >= 15 is 0 Å². The molecule has 0 bridgehead atoms. The molecule has 0 radical (unpaired) electrons. The van der Waals surface area contributed by atoms with E-state index in [1.54, 1.807) is 6.08 Å². The summed E-state index contributed by atoms with van der Waals surface area (Å²) < 4.78 is 5.62. The average molecular weight is 399 g/mol. The van der Waals surface area contributed by atoms with Gasteiger partial charge in [-0.25, -0.2) is 0 Å². The van der Waals surface area contributed by atoms with Gasteiger partial charge in [0.05, 0.1) is 30.6 Å². The van der Waals surface area contributed by atoms with Crippen LogP contribution in [0.25, 0.3) is 6.08 Å². The highest BCUT2D eigenvalue weighted by Gasteiger charge is 2.27. The van der Waals surface area contributed by atoms with Crippen molar-refractivity contribution in [2.45, 2.75) is 19.4 Å². The lowest BCUT2D eigenvalue weighted by atomic mass is 10.0. The largest absolute Gasteiger partial charge is 0.494 e. The minimum atomic E-state index is -0.0313. The van der Waals surface area contributed by atoms with Crippen LogP contribution < -0.4 is 15.0 Å². The topological polar surface area (TPSA) is 41.6 Å². The number of para-hydroxylation sites is 2. The van der Waals surface area contributed by atoms with E-state index in [4.69, 9.17) is 4.74 Å². The molecule has 152 valence electrons. The van der Waals surface area contributed by atoms with Crippen molar-refractivity contribution in [3.8, 4) is 5.75 Å². The number of carbonyl (C=O) groups is 1. The third-order valence-corrected chi connectivity index (χ3v) is 5.13. The van der Waals surface area contributed by atoms with Crippen LogP contribution in [-0.4, -0.2) is 19.1 Å². The molecule has 0 aromatic heterocycles. The summed E-state index contributed by atoms with van der Waals surface area (Å²) in [6.45, 7) is 3.37. The molecule has 1 atom stereocenters. The van der Waals surface area contributed by atoms with E-state index in [0.29, 0.717) is 13.2 Å². The summed E-state index contributed by atoms with van der Waals surface area (Å²) >= 11 is 0. The standard InChI is InChI=1S/C26H26N2O2/c1-2-18-30-22-15-12-20(13-16-22)14-17-26(29)28-19-24(21-8-4-3-5-9-21)27-23-10-6-7-11-25(23)28/h3-17,24,27H,2,18-19H2,1H3/b17-14+. The van der Waals surface area contributed by atoms with Crippen molar-refractivity contribution >= 4 is 23.4 Å². The maximum atomic E-state index is 13.1. The second-order valence-corrected chi connectivity index (χ2v) is 7.32. The zero-order valence-corrected chi connectivity index (χ0v) is 17.1. The fourth-order valence-corrected chi connectivity index (χ4v) is 3.58. The van der Waals surface area contributed by atoms with Crippen LogP contribution in [0.3, 0.4) is 0 Å². The number of amides is 1. The number of nitrogens with one attached hydrogen (secondary N) is 1. The molecule has 1 heterocycles. The first kappa shape index (κ1) is 19.8. The summed E-state index contributed by atoms with van der Waals surface area (Å²) in [4.78, 5) is 15.0. The maximum absolute atomic E-state index is 13.1. The second kappa shape index (κ2) is 9.31. The van der Waals surface area contributed by atoms with Crippen LogP contribution in [0.5, 0.6) is 5.75 Å². The Labute approximate surface area is 177 Å². The Morgan fingerprint density at radius 3 is 2.53 bits per heavy atom. The molecule has 1 aliphatic heterocycles. The first-order valence-corrected chi connectivity index (χ1v) is 10.4. The van der Waals surface area contributed by atoms with Crippen molar-refractivity contribution in [2.24, 2.45) is 0 Å². The SMILES string of the molecule is CCCOc1ccc(/C=C/C(=O)N2CC(c3ccccc3)Nc3ccccc32)cc1. The van der Waals surface area contributed by atoms with Crippen molar-refractivity contribution in [2.75, 3.05) is 23.4 Å². The molecule has 0 saturated carbocycles. The molecule has 4 heteroatoms. The minimum Gasteiger partial charge on any atom is -0.494 e. The van der Waals surface area contributed by atoms with Crippen molar-refractivity contribution < 1.29 is 9.53 Å². The first-order valence-electron chi connectivity index (χ1n) is 10.4. The average Bonchev–Trinajstić information content (AvgIpc) is 2.81. The molecule has 0 fully saturated rings. The molecule has 0 aliphatic carbocycles. The molecule has 30 heavy (non-hydrogen) atoms. The normalized spacial score (nSPS) is 15.5. The van der Waals surface area contributed by atoms with E-state index in [2.05, 4.69) is 24.4 Å². The van der Waals surface area contributed by atoms with Gasteiger partial charge in [-0.05, 0) is 47.9 Å². The summed E-state index contributed by atoms with van der Waals surface area (Å²) in [6.07, 6.45) is 4.48. The number of carbonyl (C=O) groups excluding carboxylic acids is 1. The molecular weight excluding hydrogens is 372 g/mol. The molecule has 4 nitrogen and oxygen atoms in total. The first-order chi connectivity index (χ1) is 14.7. The number of fused-ring (bicyclic) bond motifs is 1. The van der Waals surface area contributed by atoms with Crippen molar-refractivity contribution in [3.05, 3.63) is 96.1 Å². The Kier molecular flexibility index (Phi) is 6.14. The van der Waals surface area contributed by atoms with Gasteiger partial charge in [0.2, 0.25) is 0 Å². The molecule has 1 unspecified atom stereocenters. The van der Waals surface area contributed by atoms with Gasteiger partial charge >= 0.3 is 0 Å². The molecule has 1 amide bonds. The van der Waals surface area contributed by atoms with Gasteiger partial charge in [-0.3, -0.25) is 4.79 Å². The molecular formula is C26H26N2O2. The van der Waals surface area contributed by atoms with E-state index in [1.807, 2.05) is 77.7 Å². The van der Waals surface area contributed by atoms with Crippen molar-refractivity contribution in [1.82, 2.24) is 0 Å². The molecule has 4 rings (SSSR count). The van der Waals surface area contributed by atoms with E-state index in [9.17, 15) is 4.79 Å². The number of hydrogen-bond acceptors (Lipinski definition) is 3. The van der Waals surface area contributed by atoms with Crippen LogP contribution in [0.4, 0.5) is 11.4 Å². The third kappa shape index (κ3) is 4.54. The van der Waals surface area contributed by atoms with Gasteiger partial charge in [0.15, 0.2) is 0 Å². The smallest absolute Gasteiger partial charge is 0.251 e. The summed E-state index contributed by atoms with van der Waals surface area (Å²) in [5.74, 6) is 0.818. The Morgan fingerprint density at radius 1 is 1.03 bits per heavy atom. The summed E-state index contributed by atoms with van der Waals surface area (Å²) in [5, 5.41) is 3.56. The van der Waals surface area contributed by atoms with Gasteiger partial charge in [0.25, 0.3) is 5.91 Å². The number of nitrogens with zero attached hydrogens (tertiary/aromatic N) is 1. The predicted molar refractivity (Wildman–Crippen MR) is 123 cm³/mol. The number of ether oxygens (including phenoxy) is 1.